The summed E-state index contributed by atoms with van der Waals surface area (Å²) in [4.78, 5) is 22.3. The van der Waals surface area contributed by atoms with E-state index in [1.807, 2.05) is 20.9 Å². The average Bonchev–Trinajstić information content (AvgIpc) is 3.18. The lowest BCUT2D eigenvalue weighted by atomic mass is 10.2. The van der Waals surface area contributed by atoms with Crippen LogP contribution in [0.15, 0.2) is 34.1 Å². The number of rotatable bonds is 7. The van der Waals surface area contributed by atoms with E-state index in [0.717, 1.165) is 6.42 Å². The van der Waals surface area contributed by atoms with Gasteiger partial charge >= 0.3 is 0 Å². The maximum absolute atomic E-state index is 13.3. The second kappa shape index (κ2) is 9.00. The molecular weight excluding hydrogens is 432 g/mol. The molecule has 11 heteroatoms. The Labute approximate surface area is 186 Å². The Morgan fingerprint density at radius 2 is 1.91 bits per heavy atom. The van der Waals surface area contributed by atoms with Gasteiger partial charge in [0.15, 0.2) is 5.65 Å². The summed E-state index contributed by atoms with van der Waals surface area (Å²) >= 11 is 0. The first-order valence-electron chi connectivity index (χ1n) is 10.8. The molecule has 32 heavy (non-hydrogen) atoms. The number of benzene rings is 1. The molecule has 0 aliphatic carbocycles. The molecule has 172 valence electrons. The molecule has 4 rings (SSSR count). The molecule has 3 aromatic rings. The number of sulfonamides is 1. The summed E-state index contributed by atoms with van der Waals surface area (Å²) in [6.07, 6.45) is 2.34. The summed E-state index contributed by atoms with van der Waals surface area (Å²) in [5.41, 5.74) is 0.549. The van der Waals surface area contributed by atoms with Gasteiger partial charge in [-0.3, -0.25) is 4.79 Å². The quantitative estimate of drug-likeness (QED) is 0.569. The number of nitrogens with zero attached hydrogens (tertiary/aromatic N) is 5. The van der Waals surface area contributed by atoms with E-state index in [9.17, 15) is 13.2 Å². The molecule has 0 radical (unpaired) electrons. The van der Waals surface area contributed by atoms with Crippen LogP contribution < -0.4 is 10.3 Å². The van der Waals surface area contributed by atoms with E-state index in [4.69, 9.17) is 4.74 Å². The van der Waals surface area contributed by atoms with E-state index in [1.165, 1.54) is 16.6 Å². The lowest BCUT2D eigenvalue weighted by Crippen LogP contribution is -2.47. The Morgan fingerprint density at radius 1 is 1.16 bits per heavy atom. The lowest BCUT2D eigenvalue weighted by molar-refractivity contribution is 0.222. The molecule has 0 atom stereocenters. The SMILES string of the molecule is CCCn1ncc2c(=O)[nH]c(-c3cc(S(=O)(=O)N4CCN(C)CC4)ccc3OCC)nc21. The Morgan fingerprint density at radius 3 is 2.59 bits per heavy atom. The highest BCUT2D eigenvalue weighted by atomic mass is 32.2. The summed E-state index contributed by atoms with van der Waals surface area (Å²) < 4.78 is 35.5. The van der Waals surface area contributed by atoms with Crippen molar-refractivity contribution < 1.29 is 13.2 Å². The van der Waals surface area contributed by atoms with Crippen molar-refractivity contribution in [2.45, 2.75) is 31.7 Å². The number of aryl methyl sites for hydroxylation is 1. The minimum absolute atomic E-state index is 0.144. The first kappa shape index (κ1) is 22.4. The van der Waals surface area contributed by atoms with Gasteiger partial charge < -0.3 is 14.6 Å². The van der Waals surface area contributed by atoms with Crippen LogP contribution in [0.4, 0.5) is 0 Å². The van der Waals surface area contributed by atoms with Gasteiger partial charge in [-0.2, -0.15) is 9.40 Å². The zero-order valence-electron chi connectivity index (χ0n) is 18.5. The van der Waals surface area contributed by atoms with Crippen molar-refractivity contribution in [3.8, 4) is 17.1 Å². The van der Waals surface area contributed by atoms with Crippen molar-refractivity contribution in [1.29, 1.82) is 0 Å². The Bertz CT molecular complexity index is 1280. The summed E-state index contributed by atoms with van der Waals surface area (Å²) in [5, 5.41) is 4.65. The number of aromatic amines is 1. The maximum Gasteiger partial charge on any atom is 0.262 e. The average molecular weight is 461 g/mol. The number of likely N-dealkylation sites (N-methyl/N-ethyl adjacent to an activating group) is 1. The van der Waals surface area contributed by atoms with E-state index in [1.54, 1.807) is 16.8 Å². The summed E-state index contributed by atoms with van der Waals surface area (Å²) in [7, 11) is -1.72. The molecule has 1 aliphatic rings. The predicted molar refractivity (Wildman–Crippen MR) is 121 cm³/mol. The Balaban J connectivity index is 1.83. The highest BCUT2D eigenvalue weighted by Gasteiger charge is 2.28. The van der Waals surface area contributed by atoms with Crippen molar-refractivity contribution in [2.75, 3.05) is 39.8 Å². The maximum atomic E-state index is 13.3. The molecule has 0 saturated carbocycles. The highest BCUT2D eigenvalue weighted by molar-refractivity contribution is 7.89. The van der Waals surface area contributed by atoms with Crippen molar-refractivity contribution in [3.05, 3.63) is 34.7 Å². The molecule has 0 spiro atoms. The van der Waals surface area contributed by atoms with Crippen LogP contribution in [-0.2, 0) is 16.6 Å². The van der Waals surface area contributed by atoms with Crippen molar-refractivity contribution in [3.63, 3.8) is 0 Å². The molecule has 1 aromatic carbocycles. The largest absolute Gasteiger partial charge is 0.493 e. The third kappa shape index (κ3) is 4.15. The standard InChI is InChI=1S/C21H28N6O4S/c1-4-8-27-20-17(14-22-27)21(28)24-19(23-20)16-13-15(6-7-18(16)31-5-2)32(29,30)26-11-9-25(3)10-12-26/h6-7,13-14H,4-5,8-12H2,1-3H3,(H,23,24,28). The smallest absolute Gasteiger partial charge is 0.262 e. The molecule has 1 saturated heterocycles. The first-order valence-corrected chi connectivity index (χ1v) is 12.2. The number of fused-ring (bicyclic) bond motifs is 1. The van der Waals surface area contributed by atoms with E-state index in [-0.39, 0.29) is 16.3 Å². The fourth-order valence-corrected chi connectivity index (χ4v) is 5.23. The summed E-state index contributed by atoms with van der Waals surface area (Å²) in [6, 6.07) is 4.69. The molecule has 0 bridgehead atoms. The molecule has 1 fully saturated rings. The molecule has 0 amide bonds. The highest BCUT2D eigenvalue weighted by Crippen LogP contribution is 2.32. The summed E-state index contributed by atoms with van der Waals surface area (Å²) in [6.45, 7) is 7.08. The van der Waals surface area contributed by atoms with Gasteiger partial charge in [-0.25, -0.2) is 18.1 Å². The molecule has 0 unspecified atom stereocenters. The Kier molecular flexibility index (Phi) is 6.31. The number of piperazine rings is 1. The van der Waals surface area contributed by atoms with Gasteiger partial charge in [-0.15, -0.1) is 0 Å². The van der Waals surface area contributed by atoms with Crippen LogP contribution in [0.2, 0.25) is 0 Å². The van der Waals surface area contributed by atoms with Gasteiger partial charge in [0.2, 0.25) is 10.0 Å². The van der Waals surface area contributed by atoms with Crippen LogP contribution in [0.1, 0.15) is 20.3 Å². The number of nitrogens with one attached hydrogen (secondary N) is 1. The minimum atomic E-state index is -3.69. The zero-order valence-corrected chi connectivity index (χ0v) is 19.4. The van der Waals surface area contributed by atoms with Gasteiger partial charge in [0.1, 0.15) is 17.0 Å². The number of H-pyrrole nitrogens is 1. The van der Waals surface area contributed by atoms with Gasteiger partial charge in [-0.05, 0) is 38.6 Å². The van der Waals surface area contributed by atoms with Crippen LogP contribution in [0.25, 0.3) is 22.4 Å². The minimum Gasteiger partial charge on any atom is -0.493 e. The summed E-state index contributed by atoms with van der Waals surface area (Å²) in [5.74, 6) is 0.702. The predicted octanol–water partition coefficient (Wildman–Crippen LogP) is 1.53. The fourth-order valence-electron chi connectivity index (χ4n) is 3.78. The number of hydrogen-bond donors (Lipinski definition) is 1. The van der Waals surface area contributed by atoms with Gasteiger partial charge in [-0.1, -0.05) is 6.92 Å². The molecule has 1 aliphatic heterocycles. The zero-order chi connectivity index (χ0) is 22.9. The molecular formula is C21H28N6O4S. The monoisotopic (exact) mass is 460 g/mol. The number of aromatic nitrogens is 4. The molecule has 3 heterocycles. The normalized spacial score (nSPS) is 16.0. The molecule has 10 nitrogen and oxygen atoms in total. The fraction of sp³-hybridized carbons (Fsp3) is 0.476. The van der Waals surface area contributed by atoms with Crippen molar-refractivity contribution in [2.24, 2.45) is 0 Å². The first-order chi connectivity index (χ1) is 15.3. The van der Waals surface area contributed by atoms with E-state index in [2.05, 4.69) is 20.0 Å². The van der Waals surface area contributed by atoms with Crippen molar-refractivity contribution in [1.82, 2.24) is 29.0 Å². The number of hydrogen-bond acceptors (Lipinski definition) is 7. The molecule has 1 N–H and O–H groups in total. The van der Waals surface area contributed by atoms with Crippen LogP contribution in [0, 0.1) is 0 Å². The number of ether oxygens (including phenoxy) is 1. The van der Waals surface area contributed by atoms with Gasteiger partial charge in [0.05, 0.1) is 23.3 Å². The third-order valence-corrected chi connectivity index (χ3v) is 7.44. The van der Waals surface area contributed by atoms with Gasteiger partial charge in [0.25, 0.3) is 5.56 Å². The van der Waals surface area contributed by atoms with Crippen molar-refractivity contribution >= 4 is 21.1 Å². The second-order valence-corrected chi connectivity index (χ2v) is 9.76. The Hall–Kier alpha value is -2.76. The van der Waals surface area contributed by atoms with Crippen LogP contribution in [0.5, 0.6) is 5.75 Å². The third-order valence-electron chi connectivity index (χ3n) is 5.55. The molecule has 2 aromatic heterocycles. The topological polar surface area (TPSA) is 113 Å². The van der Waals surface area contributed by atoms with Crippen LogP contribution in [0.3, 0.4) is 0 Å². The van der Waals surface area contributed by atoms with Crippen LogP contribution >= 0.6 is 0 Å². The van der Waals surface area contributed by atoms with E-state index in [0.29, 0.717) is 61.7 Å². The second-order valence-electron chi connectivity index (χ2n) is 7.82. The van der Waals surface area contributed by atoms with E-state index < -0.39 is 10.0 Å². The lowest BCUT2D eigenvalue weighted by Gasteiger charge is -2.31. The van der Waals surface area contributed by atoms with E-state index >= 15 is 0 Å². The van der Waals surface area contributed by atoms with Crippen LogP contribution in [-0.4, -0.2) is 77.2 Å². The van der Waals surface area contributed by atoms with Gasteiger partial charge in [0, 0.05) is 32.7 Å².